The van der Waals surface area contributed by atoms with Crippen LogP contribution in [-0.2, 0) is 0 Å². The number of benzene rings is 1. The van der Waals surface area contributed by atoms with Gasteiger partial charge in [-0.25, -0.2) is 0 Å². The van der Waals surface area contributed by atoms with Crippen LogP contribution >= 0.6 is 15.9 Å². The SMILES string of the molecule is CC(O)c1ccc(Br)cc1N(C)C(C)C1CC1. The monoisotopic (exact) mass is 297 g/mol. The van der Waals surface area contributed by atoms with Gasteiger partial charge in [0.2, 0.25) is 0 Å². The maximum atomic E-state index is 9.84. The fourth-order valence-electron chi connectivity index (χ4n) is 2.29. The summed E-state index contributed by atoms with van der Waals surface area (Å²) in [5.74, 6) is 0.820. The Morgan fingerprint density at radius 2 is 2.00 bits per heavy atom. The zero-order valence-corrected chi connectivity index (χ0v) is 12.2. The summed E-state index contributed by atoms with van der Waals surface area (Å²) in [7, 11) is 2.12. The molecule has 1 N–H and O–H groups in total. The number of hydrogen-bond donors (Lipinski definition) is 1. The molecule has 3 heteroatoms. The Balaban J connectivity index is 2.31. The molecule has 1 fully saturated rings. The number of aliphatic hydroxyl groups is 1. The Hall–Kier alpha value is -0.540. The number of halogens is 1. The van der Waals surface area contributed by atoms with Crippen LogP contribution in [0.2, 0.25) is 0 Å². The fraction of sp³-hybridized carbons (Fsp3) is 0.571. The van der Waals surface area contributed by atoms with Gasteiger partial charge in [0.1, 0.15) is 0 Å². The molecule has 0 saturated heterocycles. The van der Waals surface area contributed by atoms with E-state index >= 15 is 0 Å². The Bertz CT molecular complexity index is 401. The van der Waals surface area contributed by atoms with Gasteiger partial charge in [-0.1, -0.05) is 22.0 Å². The molecule has 2 atom stereocenters. The highest BCUT2D eigenvalue weighted by Crippen LogP contribution is 2.38. The number of anilines is 1. The molecule has 0 spiro atoms. The lowest BCUT2D eigenvalue weighted by molar-refractivity contribution is 0.199. The van der Waals surface area contributed by atoms with Crippen molar-refractivity contribution in [3.05, 3.63) is 28.2 Å². The molecular weight excluding hydrogens is 278 g/mol. The van der Waals surface area contributed by atoms with Crippen LogP contribution < -0.4 is 4.90 Å². The van der Waals surface area contributed by atoms with Crippen LogP contribution in [0.4, 0.5) is 5.69 Å². The summed E-state index contributed by atoms with van der Waals surface area (Å²) in [6, 6.07) is 6.63. The summed E-state index contributed by atoms with van der Waals surface area (Å²) < 4.78 is 1.06. The Kier molecular flexibility index (Phi) is 3.79. The van der Waals surface area contributed by atoms with E-state index in [1.54, 1.807) is 0 Å². The highest BCUT2D eigenvalue weighted by atomic mass is 79.9. The molecule has 94 valence electrons. The van der Waals surface area contributed by atoms with Crippen LogP contribution in [-0.4, -0.2) is 18.2 Å². The molecule has 1 saturated carbocycles. The van der Waals surface area contributed by atoms with Crippen LogP contribution in [0.25, 0.3) is 0 Å². The first-order valence-electron chi connectivity index (χ1n) is 6.21. The fourth-order valence-corrected chi connectivity index (χ4v) is 2.64. The zero-order valence-electron chi connectivity index (χ0n) is 10.7. The highest BCUT2D eigenvalue weighted by molar-refractivity contribution is 9.10. The molecule has 17 heavy (non-hydrogen) atoms. The maximum Gasteiger partial charge on any atom is 0.0782 e. The van der Waals surface area contributed by atoms with Crippen molar-refractivity contribution in [1.82, 2.24) is 0 Å². The summed E-state index contributed by atoms with van der Waals surface area (Å²) in [6.07, 6.45) is 2.25. The third-order valence-electron chi connectivity index (χ3n) is 3.74. The first-order chi connectivity index (χ1) is 8.00. The average Bonchev–Trinajstić information content (AvgIpc) is 3.10. The van der Waals surface area contributed by atoms with Crippen LogP contribution in [0.1, 0.15) is 38.4 Å². The lowest BCUT2D eigenvalue weighted by Gasteiger charge is -2.30. The van der Waals surface area contributed by atoms with Gasteiger partial charge in [0.15, 0.2) is 0 Å². The normalized spacial score (nSPS) is 18.9. The molecule has 1 aromatic rings. The number of aliphatic hydroxyl groups excluding tert-OH is 1. The van der Waals surface area contributed by atoms with E-state index in [0.717, 1.165) is 21.6 Å². The van der Waals surface area contributed by atoms with Crippen molar-refractivity contribution in [2.75, 3.05) is 11.9 Å². The molecule has 0 amide bonds. The molecule has 0 aromatic heterocycles. The van der Waals surface area contributed by atoms with Crippen LogP contribution in [0.15, 0.2) is 22.7 Å². The van der Waals surface area contributed by atoms with Gasteiger partial charge in [-0.2, -0.15) is 0 Å². The molecule has 0 aliphatic heterocycles. The maximum absolute atomic E-state index is 9.84. The van der Waals surface area contributed by atoms with Gasteiger partial charge in [-0.15, -0.1) is 0 Å². The Morgan fingerprint density at radius 3 is 2.53 bits per heavy atom. The standard InChI is InChI=1S/C14H20BrNO/c1-9(11-4-5-11)16(3)14-8-12(15)6-7-13(14)10(2)17/h6-11,17H,4-5H2,1-3H3. The second kappa shape index (κ2) is 4.99. The smallest absolute Gasteiger partial charge is 0.0782 e. The van der Waals surface area contributed by atoms with E-state index < -0.39 is 6.10 Å². The first-order valence-corrected chi connectivity index (χ1v) is 7.00. The van der Waals surface area contributed by atoms with Gasteiger partial charge >= 0.3 is 0 Å². The summed E-state index contributed by atoms with van der Waals surface area (Å²) in [5, 5.41) is 9.84. The van der Waals surface area contributed by atoms with Crippen LogP contribution in [0.5, 0.6) is 0 Å². The Morgan fingerprint density at radius 1 is 1.35 bits per heavy atom. The minimum absolute atomic E-state index is 0.424. The molecule has 2 rings (SSSR count). The largest absolute Gasteiger partial charge is 0.389 e. The van der Waals surface area contributed by atoms with E-state index in [1.165, 1.54) is 12.8 Å². The quantitative estimate of drug-likeness (QED) is 0.915. The highest BCUT2D eigenvalue weighted by Gasteiger charge is 2.31. The molecule has 0 heterocycles. The first kappa shape index (κ1) is 12.9. The van der Waals surface area contributed by atoms with Crippen molar-refractivity contribution in [3.8, 4) is 0 Å². The van der Waals surface area contributed by atoms with E-state index in [4.69, 9.17) is 0 Å². The minimum Gasteiger partial charge on any atom is -0.389 e. The second-order valence-corrected chi connectivity index (χ2v) is 5.98. The molecular formula is C14H20BrNO. The molecule has 0 radical (unpaired) electrons. The summed E-state index contributed by atoms with van der Waals surface area (Å²) >= 11 is 3.51. The van der Waals surface area contributed by atoms with Crippen LogP contribution in [0.3, 0.4) is 0 Å². The van der Waals surface area contributed by atoms with Gasteiger partial charge in [0, 0.05) is 28.8 Å². The van der Waals surface area contributed by atoms with Gasteiger partial charge in [0.05, 0.1) is 6.10 Å². The van der Waals surface area contributed by atoms with Crippen molar-refractivity contribution in [2.24, 2.45) is 5.92 Å². The summed E-state index contributed by atoms with van der Waals surface area (Å²) in [4.78, 5) is 2.30. The van der Waals surface area contributed by atoms with Gasteiger partial charge in [0.25, 0.3) is 0 Å². The molecule has 1 aliphatic rings. The predicted octanol–water partition coefficient (Wildman–Crippen LogP) is 3.74. The van der Waals surface area contributed by atoms with Crippen molar-refractivity contribution in [3.63, 3.8) is 0 Å². The number of hydrogen-bond acceptors (Lipinski definition) is 2. The molecule has 0 bridgehead atoms. The number of rotatable bonds is 4. The van der Waals surface area contributed by atoms with E-state index in [1.807, 2.05) is 19.1 Å². The summed E-state index contributed by atoms with van der Waals surface area (Å²) in [6.45, 7) is 4.09. The third-order valence-corrected chi connectivity index (χ3v) is 4.23. The van der Waals surface area contributed by atoms with Gasteiger partial charge < -0.3 is 10.0 Å². The third kappa shape index (κ3) is 2.83. The zero-order chi connectivity index (χ0) is 12.6. The van der Waals surface area contributed by atoms with E-state index in [-0.39, 0.29) is 0 Å². The lowest BCUT2D eigenvalue weighted by atomic mass is 10.1. The average molecular weight is 298 g/mol. The van der Waals surface area contributed by atoms with E-state index in [9.17, 15) is 5.11 Å². The Labute approximate surface area is 112 Å². The van der Waals surface area contributed by atoms with Crippen molar-refractivity contribution in [1.29, 1.82) is 0 Å². The van der Waals surface area contributed by atoms with Gasteiger partial charge in [-0.3, -0.25) is 0 Å². The van der Waals surface area contributed by atoms with E-state index in [0.29, 0.717) is 6.04 Å². The van der Waals surface area contributed by atoms with Crippen molar-refractivity contribution < 1.29 is 5.11 Å². The minimum atomic E-state index is -0.424. The summed E-state index contributed by atoms with van der Waals surface area (Å²) in [5.41, 5.74) is 2.14. The topological polar surface area (TPSA) is 23.5 Å². The van der Waals surface area contributed by atoms with Gasteiger partial charge in [-0.05, 0) is 44.7 Å². The van der Waals surface area contributed by atoms with Crippen molar-refractivity contribution in [2.45, 2.75) is 38.8 Å². The molecule has 1 aromatic carbocycles. The molecule has 2 nitrogen and oxygen atoms in total. The van der Waals surface area contributed by atoms with E-state index in [2.05, 4.69) is 40.9 Å². The second-order valence-electron chi connectivity index (χ2n) is 5.07. The predicted molar refractivity (Wildman–Crippen MR) is 75.4 cm³/mol. The molecule has 2 unspecified atom stereocenters. The van der Waals surface area contributed by atoms with Crippen molar-refractivity contribution >= 4 is 21.6 Å². The lowest BCUT2D eigenvalue weighted by Crippen LogP contribution is -2.31. The van der Waals surface area contributed by atoms with Crippen LogP contribution in [0, 0.1) is 5.92 Å². The molecule has 1 aliphatic carbocycles. The number of nitrogens with zero attached hydrogens (tertiary/aromatic N) is 1.